The van der Waals surface area contributed by atoms with E-state index in [0.29, 0.717) is 0 Å². The molecule has 1 heterocycles. The van der Waals surface area contributed by atoms with Crippen LogP contribution < -0.4 is 0 Å². The van der Waals surface area contributed by atoms with Crippen molar-refractivity contribution in [1.82, 2.24) is 4.90 Å². The molecule has 0 amide bonds. The minimum Gasteiger partial charge on any atom is -0.306 e. The summed E-state index contributed by atoms with van der Waals surface area (Å²) in [6.45, 7) is 2.36. The van der Waals surface area contributed by atoms with E-state index in [9.17, 15) is 0 Å². The second-order valence-corrected chi connectivity index (χ2v) is 3.33. The van der Waals surface area contributed by atoms with Gasteiger partial charge < -0.3 is 4.90 Å². The van der Waals surface area contributed by atoms with E-state index in [1.807, 2.05) is 0 Å². The van der Waals surface area contributed by atoms with Gasteiger partial charge in [-0.25, -0.2) is 0 Å². The number of likely N-dealkylation sites (tertiary alicyclic amines) is 1. The third kappa shape index (κ3) is 0.468. The van der Waals surface area contributed by atoms with Crippen molar-refractivity contribution in [2.24, 2.45) is 5.92 Å². The number of hydrogen-bond acceptors (Lipinski definition) is 1. The van der Waals surface area contributed by atoms with Crippen molar-refractivity contribution in [1.29, 1.82) is 0 Å². The summed E-state index contributed by atoms with van der Waals surface area (Å²) in [6, 6.07) is 0. The first-order valence-corrected chi connectivity index (χ1v) is 3.18. The van der Waals surface area contributed by atoms with Gasteiger partial charge in [-0.2, -0.15) is 0 Å². The Hall–Kier alpha value is 0.0249. The van der Waals surface area contributed by atoms with Crippen LogP contribution in [0.25, 0.3) is 0 Å². The largest absolute Gasteiger partial charge is 0.306 e. The van der Waals surface area contributed by atoms with Crippen LogP contribution in [0.1, 0.15) is 6.42 Å². The number of nitrogens with zero attached hydrogens (tertiary/aromatic N) is 1. The van der Waals surface area contributed by atoms with Gasteiger partial charge in [-0.05, 0) is 24.8 Å². The molecule has 0 aromatic heterocycles. The maximum absolute atomic E-state index is 5.90. The Morgan fingerprint density at radius 3 is 2.75 bits per heavy atom. The maximum atomic E-state index is 5.90. The summed E-state index contributed by atoms with van der Waals surface area (Å²) in [5.41, 5.74) is 0. The molecule has 2 atom stereocenters. The fraction of sp³-hybridized carbons (Fsp3) is 1.00. The molecule has 2 radical (unpaired) electrons. The van der Waals surface area contributed by atoms with E-state index in [1.165, 1.54) is 13.0 Å². The number of fused-ring (bicyclic) bond motifs is 1. The summed E-state index contributed by atoms with van der Waals surface area (Å²) in [5, 5.41) is 0.259. The monoisotopic (exact) mass is 107 g/mol. The second kappa shape index (κ2) is 1.13. The third-order valence-corrected chi connectivity index (χ3v) is 2.38. The highest BCUT2D eigenvalue weighted by Crippen LogP contribution is 2.61. The number of piperidine rings is 1. The first-order chi connectivity index (χ1) is 3.71. The molecule has 0 aromatic carbocycles. The molecule has 1 saturated carbocycles. The lowest BCUT2D eigenvalue weighted by Gasteiger charge is -2.10. The smallest absolute Gasteiger partial charge is 0.0768 e. The molecule has 1 nitrogen and oxygen atoms in total. The van der Waals surface area contributed by atoms with Gasteiger partial charge in [-0.3, -0.25) is 0 Å². The maximum Gasteiger partial charge on any atom is 0.0768 e. The standard InChI is InChI=1S/C6H10BN/c1-8-3-5-2-6(5,7)4-8/h5H,2-4H2,1H3. The molecular weight excluding hydrogens is 96.9 g/mol. The van der Waals surface area contributed by atoms with E-state index in [0.717, 1.165) is 12.5 Å². The van der Waals surface area contributed by atoms with Crippen LogP contribution in [0.15, 0.2) is 0 Å². The van der Waals surface area contributed by atoms with Gasteiger partial charge in [0.05, 0.1) is 7.85 Å². The first-order valence-electron chi connectivity index (χ1n) is 3.18. The fourth-order valence-electron chi connectivity index (χ4n) is 1.78. The minimum absolute atomic E-state index is 0.259. The van der Waals surface area contributed by atoms with Crippen molar-refractivity contribution in [3.05, 3.63) is 0 Å². The Kier molecular flexibility index (Phi) is 0.687. The van der Waals surface area contributed by atoms with Gasteiger partial charge in [0.2, 0.25) is 0 Å². The van der Waals surface area contributed by atoms with Crippen molar-refractivity contribution >= 4 is 7.85 Å². The average molecular weight is 107 g/mol. The van der Waals surface area contributed by atoms with Gasteiger partial charge in [0.15, 0.2) is 0 Å². The van der Waals surface area contributed by atoms with E-state index in [4.69, 9.17) is 7.85 Å². The molecule has 2 aliphatic rings. The SMILES string of the molecule is [B]C12CC1CN(C)C2. The molecular formula is C6H10BN. The van der Waals surface area contributed by atoms with Crippen molar-refractivity contribution in [2.45, 2.75) is 11.7 Å². The molecule has 2 fully saturated rings. The average Bonchev–Trinajstić information content (AvgIpc) is 2.07. The van der Waals surface area contributed by atoms with Crippen molar-refractivity contribution < 1.29 is 0 Å². The van der Waals surface area contributed by atoms with Crippen LogP contribution in [-0.2, 0) is 0 Å². The summed E-state index contributed by atoms with van der Waals surface area (Å²) in [6.07, 6.45) is 1.28. The van der Waals surface area contributed by atoms with Crippen LogP contribution >= 0.6 is 0 Å². The Bertz CT molecular complexity index is 126. The lowest BCUT2D eigenvalue weighted by molar-refractivity contribution is 0.375. The van der Waals surface area contributed by atoms with Gasteiger partial charge in [0, 0.05) is 6.54 Å². The van der Waals surface area contributed by atoms with Crippen molar-refractivity contribution in [3.8, 4) is 0 Å². The highest BCUT2D eigenvalue weighted by atomic mass is 15.2. The summed E-state index contributed by atoms with van der Waals surface area (Å²) in [4.78, 5) is 2.31. The summed E-state index contributed by atoms with van der Waals surface area (Å²) < 4.78 is 0. The van der Waals surface area contributed by atoms with E-state index in [2.05, 4.69) is 11.9 Å². The first kappa shape index (κ1) is 4.86. The Morgan fingerprint density at radius 2 is 2.50 bits per heavy atom. The third-order valence-electron chi connectivity index (χ3n) is 2.38. The summed E-state index contributed by atoms with van der Waals surface area (Å²) >= 11 is 0. The molecule has 0 aromatic rings. The lowest BCUT2D eigenvalue weighted by Crippen LogP contribution is -2.17. The summed E-state index contributed by atoms with van der Waals surface area (Å²) in [7, 11) is 8.04. The molecule has 42 valence electrons. The van der Waals surface area contributed by atoms with Crippen molar-refractivity contribution in [2.75, 3.05) is 20.1 Å². The van der Waals surface area contributed by atoms with Crippen LogP contribution in [-0.4, -0.2) is 32.9 Å². The molecule has 0 N–H and O–H groups in total. The number of hydrogen-bond donors (Lipinski definition) is 0. The van der Waals surface area contributed by atoms with Crippen LogP contribution in [0, 0.1) is 5.92 Å². The fourth-order valence-corrected chi connectivity index (χ4v) is 1.78. The molecule has 2 rings (SSSR count). The zero-order valence-corrected chi connectivity index (χ0v) is 5.22. The Morgan fingerprint density at radius 1 is 1.75 bits per heavy atom. The van der Waals surface area contributed by atoms with E-state index < -0.39 is 0 Å². The van der Waals surface area contributed by atoms with Crippen LogP contribution in [0.3, 0.4) is 0 Å². The molecule has 8 heavy (non-hydrogen) atoms. The minimum atomic E-state index is 0.259. The van der Waals surface area contributed by atoms with E-state index >= 15 is 0 Å². The van der Waals surface area contributed by atoms with Crippen molar-refractivity contribution in [3.63, 3.8) is 0 Å². The van der Waals surface area contributed by atoms with Gasteiger partial charge in [-0.1, -0.05) is 6.42 Å². The van der Waals surface area contributed by atoms with Gasteiger partial charge >= 0.3 is 0 Å². The molecule has 0 spiro atoms. The predicted molar refractivity (Wildman–Crippen MR) is 34.1 cm³/mol. The normalized spacial score (nSPS) is 53.9. The van der Waals surface area contributed by atoms with E-state index in [-0.39, 0.29) is 5.31 Å². The molecule has 1 aliphatic carbocycles. The zero-order valence-electron chi connectivity index (χ0n) is 5.22. The van der Waals surface area contributed by atoms with Crippen LogP contribution in [0.5, 0.6) is 0 Å². The molecule has 2 heteroatoms. The van der Waals surface area contributed by atoms with E-state index in [1.54, 1.807) is 0 Å². The Balaban J connectivity index is 2.10. The topological polar surface area (TPSA) is 3.24 Å². The zero-order chi connectivity index (χ0) is 5.78. The number of rotatable bonds is 0. The summed E-state index contributed by atoms with van der Waals surface area (Å²) in [5.74, 6) is 0.840. The quantitative estimate of drug-likeness (QED) is 0.402. The highest BCUT2D eigenvalue weighted by molar-refractivity contribution is 6.18. The molecule has 0 bridgehead atoms. The Labute approximate surface area is 51.5 Å². The van der Waals surface area contributed by atoms with Crippen LogP contribution in [0.4, 0.5) is 0 Å². The molecule has 1 saturated heterocycles. The van der Waals surface area contributed by atoms with Gasteiger partial charge in [0.25, 0.3) is 0 Å². The predicted octanol–water partition coefficient (Wildman–Crippen LogP) is 0.279. The lowest BCUT2D eigenvalue weighted by atomic mass is 9.83. The molecule has 1 aliphatic heterocycles. The van der Waals surface area contributed by atoms with Gasteiger partial charge in [-0.15, -0.1) is 0 Å². The van der Waals surface area contributed by atoms with Gasteiger partial charge in [0.1, 0.15) is 0 Å². The van der Waals surface area contributed by atoms with Crippen LogP contribution in [0.2, 0.25) is 5.31 Å². The molecule has 2 unspecified atom stereocenters. The highest BCUT2D eigenvalue weighted by Gasteiger charge is 2.54. The second-order valence-electron chi connectivity index (χ2n) is 3.33.